The molecule has 0 amide bonds. The lowest BCUT2D eigenvalue weighted by atomic mass is 10.0. The van der Waals surface area contributed by atoms with Crippen molar-refractivity contribution in [2.75, 3.05) is 0 Å². The molecule has 1 N–H and O–H groups in total. The number of aryl methyl sites for hydroxylation is 3. The average Bonchev–Trinajstić information content (AvgIpc) is 2.83. The van der Waals surface area contributed by atoms with Crippen LogP contribution in [0.25, 0.3) is 0 Å². The zero-order valence-electron chi connectivity index (χ0n) is 13.7. The van der Waals surface area contributed by atoms with Gasteiger partial charge in [0.2, 0.25) is 0 Å². The second kappa shape index (κ2) is 7.19. The van der Waals surface area contributed by atoms with E-state index in [1.165, 1.54) is 16.0 Å². The summed E-state index contributed by atoms with van der Waals surface area (Å²) in [6, 6.07) is 9.74. The molecule has 0 fully saturated rings. The van der Waals surface area contributed by atoms with Crippen LogP contribution in [0.3, 0.4) is 0 Å². The van der Waals surface area contributed by atoms with Crippen LogP contribution < -0.4 is 5.32 Å². The van der Waals surface area contributed by atoms with Gasteiger partial charge in [-0.05, 0) is 44.7 Å². The highest BCUT2D eigenvalue weighted by molar-refractivity contribution is 7.11. The lowest BCUT2D eigenvalue weighted by molar-refractivity contribution is 0.459. The highest BCUT2D eigenvalue weighted by Crippen LogP contribution is 2.28. The predicted molar refractivity (Wildman–Crippen MR) is 92.0 cm³/mol. The van der Waals surface area contributed by atoms with Gasteiger partial charge in [-0.25, -0.2) is 4.98 Å². The van der Waals surface area contributed by atoms with E-state index in [1.54, 1.807) is 11.3 Å². The summed E-state index contributed by atoms with van der Waals surface area (Å²) in [5, 5.41) is 4.91. The minimum absolute atomic E-state index is 0.340. The van der Waals surface area contributed by atoms with E-state index in [0.717, 1.165) is 23.5 Å². The zero-order valence-corrected chi connectivity index (χ0v) is 14.6. The quantitative estimate of drug-likeness (QED) is 0.800. The number of thiazole rings is 1. The van der Waals surface area contributed by atoms with Gasteiger partial charge in [-0.1, -0.05) is 38.1 Å². The van der Waals surface area contributed by atoms with Gasteiger partial charge >= 0.3 is 0 Å². The second-order valence-corrected chi connectivity index (χ2v) is 6.86. The topological polar surface area (TPSA) is 24.9 Å². The Morgan fingerprint density at radius 3 is 2.29 bits per heavy atom. The van der Waals surface area contributed by atoms with E-state index in [2.05, 4.69) is 69.2 Å². The zero-order chi connectivity index (χ0) is 15.4. The van der Waals surface area contributed by atoms with Crippen molar-refractivity contribution in [2.45, 2.75) is 59.5 Å². The van der Waals surface area contributed by atoms with Crippen LogP contribution in [-0.4, -0.2) is 4.98 Å². The van der Waals surface area contributed by atoms with Crippen molar-refractivity contribution in [1.82, 2.24) is 10.3 Å². The first-order chi connectivity index (χ1) is 10.0. The van der Waals surface area contributed by atoms with E-state index in [1.807, 2.05) is 0 Å². The Bertz CT molecular complexity index is 571. The van der Waals surface area contributed by atoms with Crippen molar-refractivity contribution in [2.24, 2.45) is 0 Å². The van der Waals surface area contributed by atoms with E-state index < -0.39 is 0 Å². The van der Waals surface area contributed by atoms with Crippen LogP contribution in [0.5, 0.6) is 0 Å². The molecule has 0 radical (unpaired) electrons. The number of nitrogens with zero attached hydrogens (tertiary/aromatic N) is 1. The Morgan fingerprint density at radius 1 is 1.14 bits per heavy atom. The number of hydrogen-bond acceptors (Lipinski definition) is 3. The minimum Gasteiger partial charge on any atom is -0.303 e. The van der Waals surface area contributed by atoms with Crippen molar-refractivity contribution in [3.05, 3.63) is 51.0 Å². The highest BCUT2D eigenvalue weighted by atomic mass is 32.1. The third-order valence-corrected chi connectivity index (χ3v) is 5.24. The Kier molecular flexibility index (Phi) is 5.54. The Labute approximate surface area is 132 Å². The van der Waals surface area contributed by atoms with Gasteiger partial charge in [0.25, 0.3) is 0 Å². The molecule has 2 aromatic rings. The van der Waals surface area contributed by atoms with Crippen molar-refractivity contribution in [3.8, 4) is 0 Å². The average molecular weight is 302 g/mol. The van der Waals surface area contributed by atoms with Crippen LogP contribution in [0.4, 0.5) is 0 Å². The van der Waals surface area contributed by atoms with Crippen molar-refractivity contribution in [1.29, 1.82) is 0 Å². The first kappa shape index (κ1) is 16.2. The fourth-order valence-electron chi connectivity index (χ4n) is 2.76. The number of benzene rings is 1. The van der Waals surface area contributed by atoms with Gasteiger partial charge in [0.05, 0.1) is 10.7 Å². The summed E-state index contributed by atoms with van der Waals surface area (Å²) >= 11 is 1.80. The number of hydrogen-bond donors (Lipinski definition) is 1. The van der Waals surface area contributed by atoms with Gasteiger partial charge < -0.3 is 5.32 Å². The van der Waals surface area contributed by atoms with Gasteiger partial charge in [-0.3, -0.25) is 0 Å². The highest BCUT2D eigenvalue weighted by Gasteiger charge is 2.17. The second-order valence-electron chi connectivity index (χ2n) is 5.63. The van der Waals surface area contributed by atoms with Crippen molar-refractivity contribution in [3.63, 3.8) is 0 Å². The molecule has 0 aliphatic carbocycles. The lowest BCUT2D eigenvalue weighted by Crippen LogP contribution is -2.24. The maximum atomic E-state index is 4.54. The summed E-state index contributed by atoms with van der Waals surface area (Å²) in [7, 11) is 0. The third kappa shape index (κ3) is 3.92. The predicted octanol–water partition coefficient (Wildman–Crippen LogP) is 5.12. The molecule has 21 heavy (non-hydrogen) atoms. The molecule has 2 nitrogen and oxygen atoms in total. The molecule has 114 valence electrons. The van der Waals surface area contributed by atoms with Gasteiger partial charge in [0.1, 0.15) is 0 Å². The molecule has 0 bridgehead atoms. The van der Waals surface area contributed by atoms with Crippen LogP contribution in [0, 0.1) is 13.8 Å². The van der Waals surface area contributed by atoms with Crippen LogP contribution >= 0.6 is 11.3 Å². The molecule has 0 saturated carbocycles. The molecular formula is C18H26N2S. The first-order valence-electron chi connectivity index (χ1n) is 7.83. The molecule has 0 spiro atoms. The molecular weight excluding hydrogens is 276 g/mol. The van der Waals surface area contributed by atoms with Crippen molar-refractivity contribution >= 4 is 11.3 Å². The molecule has 2 unspecified atom stereocenters. The SMILES string of the molecule is CCc1ccc(C(CC)NC(C)c2sc(C)nc2C)cc1. The fraction of sp³-hybridized carbons (Fsp3) is 0.500. The fourth-order valence-corrected chi connectivity index (χ4v) is 3.70. The van der Waals surface area contributed by atoms with E-state index in [9.17, 15) is 0 Å². The smallest absolute Gasteiger partial charge is 0.0900 e. The van der Waals surface area contributed by atoms with E-state index >= 15 is 0 Å². The molecule has 1 aromatic carbocycles. The number of nitrogens with one attached hydrogen (secondary N) is 1. The maximum absolute atomic E-state index is 4.54. The Balaban J connectivity index is 2.12. The third-order valence-electron chi connectivity index (χ3n) is 3.98. The summed E-state index contributed by atoms with van der Waals surface area (Å²) in [4.78, 5) is 5.90. The molecule has 1 heterocycles. The minimum atomic E-state index is 0.340. The van der Waals surface area contributed by atoms with Gasteiger partial charge in [0, 0.05) is 17.0 Å². The van der Waals surface area contributed by atoms with Gasteiger partial charge in [0.15, 0.2) is 0 Å². The first-order valence-corrected chi connectivity index (χ1v) is 8.65. The normalized spacial score (nSPS) is 14.1. The number of rotatable bonds is 6. The van der Waals surface area contributed by atoms with Crippen LogP contribution in [0.15, 0.2) is 24.3 Å². The molecule has 1 aromatic heterocycles. The maximum Gasteiger partial charge on any atom is 0.0900 e. The molecule has 2 atom stereocenters. The molecule has 3 heteroatoms. The monoisotopic (exact) mass is 302 g/mol. The van der Waals surface area contributed by atoms with E-state index in [0.29, 0.717) is 12.1 Å². The number of aromatic nitrogens is 1. The van der Waals surface area contributed by atoms with Crippen LogP contribution in [0.2, 0.25) is 0 Å². The summed E-state index contributed by atoms with van der Waals surface area (Å²) in [5.41, 5.74) is 3.93. The van der Waals surface area contributed by atoms with Crippen LogP contribution in [0.1, 0.15) is 66.0 Å². The van der Waals surface area contributed by atoms with Gasteiger partial charge in [-0.15, -0.1) is 11.3 Å². The molecule has 0 saturated heterocycles. The molecule has 0 aliphatic heterocycles. The standard InChI is InChI=1S/C18H26N2S/c1-6-15-8-10-16(11-9-15)17(7-2)20-13(4)18-12(3)19-14(5)21-18/h8-11,13,17,20H,6-7H2,1-5H3. The van der Waals surface area contributed by atoms with E-state index in [4.69, 9.17) is 0 Å². The summed E-state index contributed by atoms with van der Waals surface area (Å²) in [6.45, 7) is 10.9. The van der Waals surface area contributed by atoms with Crippen molar-refractivity contribution < 1.29 is 0 Å². The molecule has 2 rings (SSSR count). The summed E-state index contributed by atoms with van der Waals surface area (Å²) in [5.74, 6) is 0. The molecule has 0 aliphatic rings. The van der Waals surface area contributed by atoms with Crippen LogP contribution in [-0.2, 0) is 6.42 Å². The Morgan fingerprint density at radius 2 is 1.81 bits per heavy atom. The largest absolute Gasteiger partial charge is 0.303 e. The lowest BCUT2D eigenvalue weighted by Gasteiger charge is -2.22. The Hall–Kier alpha value is -1.19. The van der Waals surface area contributed by atoms with Gasteiger partial charge in [-0.2, -0.15) is 0 Å². The summed E-state index contributed by atoms with van der Waals surface area (Å²) < 4.78 is 0. The van der Waals surface area contributed by atoms with E-state index in [-0.39, 0.29) is 0 Å². The summed E-state index contributed by atoms with van der Waals surface area (Å²) in [6.07, 6.45) is 2.19.